The van der Waals surface area contributed by atoms with Gasteiger partial charge >= 0.3 is 6.18 Å². The van der Waals surface area contributed by atoms with Gasteiger partial charge in [-0.2, -0.15) is 13.2 Å². The number of amides is 1. The second kappa shape index (κ2) is 7.05. The molecule has 0 saturated carbocycles. The number of thioether (sulfide) groups is 1. The zero-order valence-electron chi connectivity index (χ0n) is 13.1. The minimum Gasteiger partial charge on any atom is -0.291 e. The average molecular weight is 382 g/mol. The maximum atomic E-state index is 12.7. The van der Waals surface area contributed by atoms with Gasteiger partial charge in [0.2, 0.25) is 5.91 Å². The third-order valence-corrected chi connectivity index (χ3v) is 5.56. The largest absolute Gasteiger partial charge is 0.416 e. The van der Waals surface area contributed by atoms with E-state index in [1.54, 1.807) is 13.1 Å². The number of rotatable bonds is 4. The van der Waals surface area contributed by atoms with Gasteiger partial charge in [-0.3, -0.25) is 9.69 Å². The predicted octanol–water partition coefficient (Wildman–Crippen LogP) is 5.07. The first kappa shape index (κ1) is 17.8. The minimum absolute atomic E-state index is 0.0355. The number of carbonyl (C=O) groups is 1. The normalized spacial score (nSPS) is 11.7. The molecule has 0 aliphatic heterocycles. The number of thiazole rings is 1. The Bertz CT molecular complexity index is 875. The van der Waals surface area contributed by atoms with Crippen LogP contribution < -0.4 is 4.90 Å². The zero-order chi connectivity index (χ0) is 18.0. The highest BCUT2D eigenvalue weighted by molar-refractivity contribution is 8.00. The van der Waals surface area contributed by atoms with Gasteiger partial charge in [0.1, 0.15) is 0 Å². The number of hydrogen-bond acceptors (Lipinski definition) is 4. The van der Waals surface area contributed by atoms with Crippen molar-refractivity contribution in [1.29, 1.82) is 0 Å². The lowest BCUT2D eigenvalue weighted by Gasteiger charge is -2.13. The lowest BCUT2D eigenvalue weighted by Crippen LogP contribution is -2.27. The number of alkyl halides is 3. The molecule has 0 fully saturated rings. The number of nitrogens with zero attached hydrogens (tertiary/aromatic N) is 2. The van der Waals surface area contributed by atoms with E-state index in [-0.39, 0.29) is 11.7 Å². The number of halogens is 3. The molecule has 2 aromatic carbocycles. The van der Waals surface area contributed by atoms with Crippen LogP contribution in [0.2, 0.25) is 0 Å². The summed E-state index contributed by atoms with van der Waals surface area (Å²) in [5.74, 6) is -0.185. The Hall–Kier alpha value is -2.06. The second-order valence-corrected chi connectivity index (χ2v) is 7.29. The van der Waals surface area contributed by atoms with Crippen LogP contribution in [0.15, 0.2) is 53.4 Å². The van der Waals surface area contributed by atoms with Crippen LogP contribution in [-0.2, 0) is 11.0 Å². The molecule has 1 heterocycles. The first-order chi connectivity index (χ1) is 11.8. The van der Waals surface area contributed by atoms with Gasteiger partial charge in [-0.1, -0.05) is 29.5 Å². The van der Waals surface area contributed by atoms with Crippen LogP contribution in [0.4, 0.5) is 18.3 Å². The van der Waals surface area contributed by atoms with E-state index in [9.17, 15) is 18.0 Å². The molecule has 3 aromatic rings. The molecule has 0 spiro atoms. The lowest BCUT2D eigenvalue weighted by atomic mass is 10.2. The summed E-state index contributed by atoms with van der Waals surface area (Å²) in [7, 11) is 1.62. The molecule has 8 heteroatoms. The summed E-state index contributed by atoms with van der Waals surface area (Å²) >= 11 is 2.47. The number of anilines is 1. The Labute approximate surface area is 150 Å². The van der Waals surface area contributed by atoms with E-state index in [2.05, 4.69) is 4.98 Å². The molecule has 0 bridgehead atoms. The molecule has 25 heavy (non-hydrogen) atoms. The smallest absolute Gasteiger partial charge is 0.291 e. The van der Waals surface area contributed by atoms with E-state index in [1.807, 2.05) is 24.3 Å². The predicted molar refractivity (Wildman–Crippen MR) is 95.2 cm³/mol. The first-order valence-electron chi connectivity index (χ1n) is 7.27. The molecule has 0 radical (unpaired) electrons. The van der Waals surface area contributed by atoms with Crippen molar-refractivity contribution in [2.45, 2.75) is 11.1 Å². The van der Waals surface area contributed by atoms with Gasteiger partial charge in [-0.25, -0.2) is 4.98 Å². The first-order valence-corrected chi connectivity index (χ1v) is 9.07. The van der Waals surface area contributed by atoms with Crippen LogP contribution >= 0.6 is 23.1 Å². The van der Waals surface area contributed by atoms with Gasteiger partial charge in [-0.15, -0.1) is 11.8 Å². The average Bonchev–Trinajstić information content (AvgIpc) is 3.02. The molecule has 1 amide bonds. The van der Waals surface area contributed by atoms with Crippen molar-refractivity contribution in [2.75, 3.05) is 17.7 Å². The summed E-state index contributed by atoms with van der Waals surface area (Å²) in [6, 6.07) is 12.5. The van der Waals surface area contributed by atoms with Crippen molar-refractivity contribution in [2.24, 2.45) is 0 Å². The van der Waals surface area contributed by atoms with Crippen molar-refractivity contribution in [3.8, 4) is 0 Å². The number of para-hydroxylation sites is 1. The summed E-state index contributed by atoms with van der Waals surface area (Å²) in [5, 5.41) is 0.566. The number of fused-ring (bicyclic) bond motifs is 1. The van der Waals surface area contributed by atoms with Crippen LogP contribution in [0.3, 0.4) is 0 Å². The summed E-state index contributed by atoms with van der Waals surface area (Å²) in [5.41, 5.74) is 0.0946. The zero-order valence-corrected chi connectivity index (χ0v) is 14.7. The summed E-state index contributed by atoms with van der Waals surface area (Å²) in [6.45, 7) is 0. The van der Waals surface area contributed by atoms with E-state index in [0.29, 0.717) is 10.0 Å². The van der Waals surface area contributed by atoms with E-state index in [4.69, 9.17) is 0 Å². The van der Waals surface area contributed by atoms with E-state index in [0.717, 1.165) is 34.1 Å². The van der Waals surface area contributed by atoms with Crippen molar-refractivity contribution >= 4 is 44.4 Å². The Kier molecular flexibility index (Phi) is 5.01. The van der Waals surface area contributed by atoms with Crippen molar-refractivity contribution in [3.63, 3.8) is 0 Å². The fourth-order valence-electron chi connectivity index (χ4n) is 2.11. The van der Waals surface area contributed by atoms with Crippen LogP contribution in [0.25, 0.3) is 10.2 Å². The van der Waals surface area contributed by atoms with Crippen molar-refractivity contribution in [1.82, 2.24) is 4.98 Å². The monoisotopic (exact) mass is 382 g/mol. The molecule has 130 valence electrons. The van der Waals surface area contributed by atoms with Crippen molar-refractivity contribution < 1.29 is 18.0 Å². The maximum absolute atomic E-state index is 12.7. The van der Waals surface area contributed by atoms with E-state index >= 15 is 0 Å². The topological polar surface area (TPSA) is 33.2 Å². The maximum Gasteiger partial charge on any atom is 0.416 e. The molecular weight excluding hydrogens is 369 g/mol. The van der Waals surface area contributed by atoms with Gasteiger partial charge in [-0.05, 0) is 30.3 Å². The van der Waals surface area contributed by atoms with Gasteiger partial charge in [0, 0.05) is 11.9 Å². The molecule has 0 unspecified atom stereocenters. The number of carbonyl (C=O) groups excluding carboxylic acids is 1. The quantitative estimate of drug-likeness (QED) is 0.591. The molecule has 0 N–H and O–H groups in total. The standard InChI is InChI=1S/C17H13F3N2OS2/c1-22(16-21-13-7-2-3-8-14(13)25-16)15(23)10-24-12-6-4-5-11(9-12)17(18,19)20/h2-9H,10H2,1H3. The molecule has 0 aliphatic carbocycles. The van der Waals surface area contributed by atoms with Crippen LogP contribution in [0.1, 0.15) is 5.56 Å². The summed E-state index contributed by atoms with van der Waals surface area (Å²) < 4.78 is 39.2. The minimum atomic E-state index is -4.39. The molecule has 3 rings (SSSR count). The molecule has 3 nitrogen and oxygen atoms in total. The molecule has 0 atom stereocenters. The van der Waals surface area contributed by atoms with Crippen LogP contribution in [-0.4, -0.2) is 23.7 Å². The van der Waals surface area contributed by atoms with Gasteiger partial charge < -0.3 is 0 Å². The third-order valence-electron chi connectivity index (χ3n) is 3.47. The fourth-order valence-corrected chi connectivity index (χ4v) is 3.93. The summed E-state index contributed by atoms with van der Waals surface area (Å²) in [6.07, 6.45) is -4.39. The highest BCUT2D eigenvalue weighted by atomic mass is 32.2. The Balaban J connectivity index is 1.68. The lowest BCUT2D eigenvalue weighted by molar-refractivity contribution is -0.137. The number of aromatic nitrogens is 1. The fraction of sp³-hybridized carbons (Fsp3) is 0.176. The highest BCUT2D eigenvalue weighted by Gasteiger charge is 2.30. The van der Waals surface area contributed by atoms with Gasteiger partial charge in [0.15, 0.2) is 5.13 Å². The Morgan fingerprint density at radius 1 is 1.20 bits per heavy atom. The van der Waals surface area contributed by atoms with Gasteiger partial charge in [0.25, 0.3) is 0 Å². The Morgan fingerprint density at radius 3 is 2.68 bits per heavy atom. The number of hydrogen-bond donors (Lipinski definition) is 0. The molecule has 1 aromatic heterocycles. The SMILES string of the molecule is CN(C(=O)CSc1cccc(C(F)(F)F)c1)c1nc2ccccc2s1. The van der Waals surface area contributed by atoms with E-state index in [1.165, 1.54) is 22.3 Å². The van der Waals surface area contributed by atoms with E-state index < -0.39 is 11.7 Å². The van der Waals surface area contributed by atoms with Crippen LogP contribution in [0, 0.1) is 0 Å². The molecule has 0 saturated heterocycles. The Morgan fingerprint density at radius 2 is 1.96 bits per heavy atom. The van der Waals surface area contributed by atoms with Crippen molar-refractivity contribution in [3.05, 3.63) is 54.1 Å². The molecule has 0 aliphatic rings. The third kappa shape index (κ3) is 4.13. The van der Waals surface area contributed by atoms with Gasteiger partial charge in [0.05, 0.1) is 21.5 Å². The summed E-state index contributed by atoms with van der Waals surface area (Å²) in [4.78, 5) is 18.6. The van der Waals surface area contributed by atoms with Crippen LogP contribution in [0.5, 0.6) is 0 Å². The second-order valence-electron chi connectivity index (χ2n) is 5.23. The number of benzene rings is 2. The molecular formula is C17H13F3N2OS2. The highest BCUT2D eigenvalue weighted by Crippen LogP contribution is 2.32.